The summed E-state index contributed by atoms with van der Waals surface area (Å²) in [6.07, 6.45) is 3.13. The molecule has 10 nitrogen and oxygen atoms in total. The van der Waals surface area contributed by atoms with Crippen molar-refractivity contribution >= 4 is 17.0 Å². The van der Waals surface area contributed by atoms with E-state index in [0.29, 0.717) is 18.4 Å². The highest BCUT2D eigenvalue weighted by Crippen LogP contribution is 2.41. The van der Waals surface area contributed by atoms with Gasteiger partial charge in [0, 0.05) is 12.6 Å². The lowest BCUT2D eigenvalue weighted by Gasteiger charge is -2.32. The van der Waals surface area contributed by atoms with Crippen LogP contribution in [0.25, 0.3) is 22.8 Å². The number of fused-ring (bicyclic) bond motifs is 1. The predicted octanol–water partition coefficient (Wildman–Crippen LogP) is 4.12. The molecule has 0 amide bonds. The van der Waals surface area contributed by atoms with Crippen LogP contribution in [-0.2, 0) is 12.1 Å². The van der Waals surface area contributed by atoms with Gasteiger partial charge in [-0.1, -0.05) is 30.8 Å². The van der Waals surface area contributed by atoms with E-state index < -0.39 is 23.4 Å². The average Bonchev–Trinajstić information content (AvgIpc) is 3.36. The van der Waals surface area contributed by atoms with Gasteiger partial charge >= 0.3 is 11.9 Å². The Hall–Kier alpha value is -2.96. The summed E-state index contributed by atoms with van der Waals surface area (Å²) in [4.78, 5) is 27.0. The van der Waals surface area contributed by atoms with E-state index in [1.165, 1.54) is 4.57 Å². The van der Waals surface area contributed by atoms with Crippen LogP contribution in [-0.4, -0.2) is 47.0 Å². The highest BCUT2D eigenvalue weighted by Gasteiger charge is 2.54. The maximum Gasteiger partial charge on any atom is 0.439 e. The molecule has 2 aliphatic rings. The number of nitrogens with one attached hydrogen (secondary N) is 2. The molecule has 2 aliphatic carbocycles. The average molecular weight is 510 g/mol. The molecule has 0 aromatic carbocycles. The Bertz CT molecular complexity index is 1290. The second-order valence-electron chi connectivity index (χ2n) is 10.3. The first kappa shape index (κ1) is 24.7. The summed E-state index contributed by atoms with van der Waals surface area (Å²) in [6.45, 7) is 2.97. The molecular weight excluding hydrogens is 479 g/mol. The summed E-state index contributed by atoms with van der Waals surface area (Å²) in [7, 11) is 0. The van der Waals surface area contributed by atoms with E-state index in [9.17, 15) is 23.1 Å². The van der Waals surface area contributed by atoms with Crippen molar-refractivity contribution in [2.75, 3.05) is 5.32 Å². The van der Waals surface area contributed by atoms with Crippen molar-refractivity contribution in [2.45, 2.75) is 89.6 Å². The number of H-pyrrole nitrogens is 1. The van der Waals surface area contributed by atoms with Gasteiger partial charge in [0.2, 0.25) is 17.2 Å². The summed E-state index contributed by atoms with van der Waals surface area (Å²) >= 11 is 0. The van der Waals surface area contributed by atoms with E-state index in [1.807, 2.05) is 6.92 Å². The monoisotopic (exact) mass is 509 g/mol. The largest absolute Gasteiger partial charge is 0.439 e. The standard InChI is InChI=1S/C23H30F3N7O3/c1-12(14-9-6-10-14)27-16-15-17(29-18(28-16)19-31-21(34)36-32-19)30-20(22(2,35)23(24,25)26)33(15)11-13-7-4-3-5-8-13/h12-14,35H,3-11H2,1-2H3,(H,27,28,29)(H,31,32,34). The van der Waals surface area contributed by atoms with Crippen LogP contribution in [0.15, 0.2) is 9.32 Å². The van der Waals surface area contributed by atoms with Gasteiger partial charge in [0.05, 0.1) is 0 Å². The van der Waals surface area contributed by atoms with Crippen molar-refractivity contribution < 1.29 is 22.8 Å². The van der Waals surface area contributed by atoms with Crippen molar-refractivity contribution in [3.8, 4) is 11.6 Å². The normalized spacial score (nSPS) is 20.3. The van der Waals surface area contributed by atoms with Crippen LogP contribution in [0.1, 0.15) is 71.0 Å². The van der Waals surface area contributed by atoms with E-state index in [0.717, 1.165) is 51.4 Å². The highest BCUT2D eigenvalue weighted by molar-refractivity contribution is 5.86. The minimum absolute atomic E-state index is 0.00864. The Balaban J connectivity index is 1.70. The molecule has 196 valence electrons. The third-order valence-corrected chi connectivity index (χ3v) is 7.63. The Morgan fingerprint density at radius 3 is 2.44 bits per heavy atom. The predicted molar refractivity (Wildman–Crippen MR) is 124 cm³/mol. The molecule has 36 heavy (non-hydrogen) atoms. The number of rotatable bonds is 7. The van der Waals surface area contributed by atoms with Crippen molar-refractivity contribution in [2.24, 2.45) is 11.8 Å². The van der Waals surface area contributed by atoms with Crippen LogP contribution in [0.5, 0.6) is 0 Å². The lowest BCUT2D eigenvalue weighted by atomic mass is 9.80. The fourth-order valence-corrected chi connectivity index (χ4v) is 5.15. The molecule has 2 fully saturated rings. The Morgan fingerprint density at radius 1 is 1.14 bits per heavy atom. The lowest BCUT2D eigenvalue weighted by Crippen LogP contribution is -2.42. The number of anilines is 1. The van der Waals surface area contributed by atoms with Gasteiger partial charge in [-0.05, 0) is 51.4 Å². The third kappa shape index (κ3) is 4.48. The van der Waals surface area contributed by atoms with Gasteiger partial charge in [-0.15, -0.1) is 0 Å². The van der Waals surface area contributed by atoms with Crippen molar-refractivity contribution in [1.29, 1.82) is 0 Å². The molecule has 0 radical (unpaired) electrons. The third-order valence-electron chi connectivity index (χ3n) is 7.63. The first-order chi connectivity index (χ1) is 17.0. The Labute approximate surface area is 204 Å². The van der Waals surface area contributed by atoms with Crippen LogP contribution < -0.4 is 11.1 Å². The molecule has 3 N–H and O–H groups in total. The zero-order chi connectivity index (χ0) is 25.7. The van der Waals surface area contributed by atoms with Crippen LogP contribution in [0, 0.1) is 11.8 Å². The van der Waals surface area contributed by atoms with Crippen LogP contribution in [0.3, 0.4) is 0 Å². The van der Waals surface area contributed by atoms with Gasteiger partial charge in [-0.25, -0.2) is 19.7 Å². The van der Waals surface area contributed by atoms with Crippen LogP contribution in [0.4, 0.5) is 19.0 Å². The molecule has 0 bridgehead atoms. The molecule has 2 atom stereocenters. The summed E-state index contributed by atoms with van der Waals surface area (Å²) < 4.78 is 48.0. The summed E-state index contributed by atoms with van der Waals surface area (Å²) in [5.41, 5.74) is -2.94. The fraction of sp³-hybridized carbons (Fsp3) is 0.696. The van der Waals surface area contributed by atoms with Crippen molar-refractivity contribution in [3.63, 3.8) is 0 Å². The summed E-state index contributed by atoms with van der Waals surface area (Å²) in [5.74, 6) is -0.625. The molecule has 2 unspecified atom stereocenters. The lowest BCUT2D eigenvalue weighted by molar-refractivity contribution is -0.262. The van der Waals surface area contributed by atoms with Gasteiger partial charge < -0.3 is 15.0 Å². The van der Waals surface area contributed by atoms with Gasteiger partial charge in [0.1, 0.15) is 5.52 Å². The maximum absolute atomic E-state index is 14.0. The topological polar surface area (TPSA) is 135 Å². The van der Waals surface area contributed by atoms with Crippen LogP contribution >= 0.6 is 0 Å². The molecule has 5 rings (SSSR count). The summed E-state index contributed by atoms with van der Waals surface area (Å²) in [6, 6.07) is -0.00864. The number of aromatic nitrogens is 6. The van der Waals surface area contributed by atoms with Crippen molar-refractivity contribution in [3.05, 3.63) is 16.4 Å². The molecular formula is C23H30F3N7O3. The van der Waals surface area contributed by atoms with Gasteiger partial charge in [0.25, 0.3) is 0 Å². The van der Waals surface area contributed by atoms with Gasteiger partial charge in [-0.3, -0.25) is 9.51 Å². The van der Waals surface area contributed by atoms with Crippen molar-refractivity contribution in [1.82, 2.24) is 29.7 Å². The molecule has 3 aromatic heterocycles. The number of hydrogen-bond acceptors (Lipinski definition) is 8. The number of aliphatic hydroxyl groups is 1. The maximum atomic E-state index is 14.0. The Morgan fingerprint density at radius 2 is 1.86 bits per heavy atom. The summed E-state index contributed by atoms with van der Waals surface area (Å²) in [5, 5.41) is 17.7. The molecule has 0 saturated heterocycles. The number of imidazole rings is 1. The quantitative estimate of drug-likeness (QED) is 0.433. The molecule has 2 saturated carbocycles. The molecule has 3 aromatic rings. The molecule has 0 spiro atoms. The second-order valence-corrected chi connectivity index (χ2v) is 10.3. The molecule has 13 heteroatoms. The van der Waals surface area contributed by atoms with Crippen LogP contribution in [0.2, 0.25) is 0 Å². The number of alkyl halides is 3. The second kappa shape index (κ2) is 9.16. The Kier molecular flexibility index (Phi) is 6.29. The number of aromatic amines is 1. The number of halogens is 3. The smallest absolute Gasteiger partial charge is 0.374 e. The highest BCUT2D eigenvalue weighted by atomic mass is 19.4. The first-order valence-electron chi connectivity index (χ1n) is 12.5. The van der Waals surface area contributed by atoms with E-state index in [2.05, 4.69) is 34.9 Å². The van der Waals surface area contributed by atoms with E-state index in [-0.39, 0.29) is 41.6 Å². The molecule has 0 aliphatic heterocycles. The van der Waals surface area contributed by atoms with Gasteiger partial charge in [-0.2, -0.15) is 13.2 Å². The minimum atomic E-state index is -4.96. The SMILES string of the molecule is CC(Nc1nc(-c2noc(=O)[nH]2)nc2nc(C(C)(O)C(F)(F)F)n(CC3CCCCC3)c12)C1CCC1. The number of hydrogen-bond donors (Lipinski definition) is 3. The molecule has 3 heterocycles. The fourth-order valence-electron chi connectivity index (χ4n) is 5.15. The zero-order valence-corrected chi connectivity index (χ0v) is 20.2. The van der Waals surface area contributed by atoms with Gasteiger partial charge in [0.15, 0.2) is 17.3 Å². The zero-order valence-electron chi connectivity index (χ0n) is 20.2. The minimum Gasteiger partial charge on any atom is -0.374 e. The van der Waals surface area contributed by atoms with E-state index in [1.54, 1.807) is 0 Å². The number of nitrogens with zero attached hydrogens (tertiary/aromatic N) is 5. The first-order valence-corrected chi connectivity index (χ1v) is 12.5. The van der Waals surface area contributed by atoms with E-state index >= 15 is 0 Å². The van der Waals surface area contributed by atoms with E-state index in [4.69, 9.17) is 0 Å².